The lowest BCUT2D eigenvalue weighted by Gasteiger charge is -2.30. The van der Waals surface area contributed by atoms with E-state index in [0.717, 1.165) is 18.9 Å². The van der Waals surface area contributed by atoms with Gasteiger partial charge in [0, 0.05) is 13.0 Å². The molecular formula is C10H18N4. The molecule has 4 nitrogen and oxygen atoms in total. The average Bonchev–Trinajstić information content (AvgIpc) is 2.64. The van der Waals surface area contributed by atoms with Crippen molar-refractivity contribution in [3.8, 4) is 0 Å². The number of hydrogen-bond donors (Lipinski definition) is 1. The second-order valence-electron chi connectivity index (χ2n) is 4.07. The maximum Gasteiger partial charge on any atom is 0.136 e. The zero-order chi connectivity index (χ0) is 9.97. The molecule has 1 fully saturated rings. The van der Waals surface area contributed by atoms with E-state index < -0.39 is 0 Å². The second kappa shape index (κ2) is 4.09. The van der Waals surface area contributed by atoms with Gasteiger partial charge < -0.3 is 9.88 Å². The highest BCUT2D eigenvalue weighted by molar-refractivity contribution is 5.01. The lowest BCUT2D eigenvalue weighted by molar-refractivity contribution is 0.303. The van der Waals surface area contributed by atoms with Crippen molar-refractivity contribution in [1.29, 1.82) is 0 Å². The van der Waals surface area contributed by atoms with Crippen LogP contribution in [0.4, 0.5) is 0 Å². The minimum Gasteiger partial charge on any atom is -0.320 e. The van der Waals surface area contributed by atoms with E-state index in [-0.39, 0.29) is 0 Å². The third kappa shape index (κ3) is 1.66. The summed E-state index contributed by atoms with van der Waals surface area (Å²) in [7, 11) is 2.03. The Morgan fingerprint density at radius 3 is 3.14 bits per heavy atom. The molecule has 0 bridgehead atoms. The quantitative estimate of drug-likeness (QED) is 0.761. The SMILES string of the molecule is CCC1CNCCC1c1nncn1C. The summed E-state index contributed by atoms with van der Waals surface area (Å²) >= 11 is 0. The van der Waals surface area contributed by atoms with Crippen molar-refractivity contribution >= 4 is 0 Å². The molecule has 0 aromatic carbocycles. The molecule has 1 saturated heterocycles. The molecule has 2 unspecified atom stereocenters. The third-order valence-corrected chi connectivity index (χ3v) is 3.21. The number of piperidine rings is 1. The van der Waals surface area contributed by atoms with Crippen LogP contribution in [0.25, 0.3) is 0 Å². The van der Waals surface area contributed by atoms with Crippen molar-refractivity contribution < 1.29 is 0 Å². The number of nitrogens with one attached hydrogen (secondary N) is 1. The Morgan fingerprint density at radius 2 is 2.50 bits per heavy atom. The maximum absolute atomic E-state index is 4.22. The lowest BCUT2D eigenvalue weighted by Crippen LogP contribution is -2.36. The van der Waals surface area contributed by atoms with Crippen LogP contribution in [-0.2, 0) is 7.05 Å². The highest BCUT2D eigenvalue weighted by Gasteiger charge is 2.27. The largest absolute Gasteiger partial charge is 0.320 e. The van der Waals surface area contributed by atoms with Crippen LogP contribution in [0, 0.1) is 5.92 Å². The fourth-order valence-electron chi connectivity index (χ4n) is 2.32. The van der Waals surface area contributed by atoms with Gasteiger partial charge in [-0.1, -0.05) is 13.3 Å². The van der Waals surface area contributed by atoms with Crippen LogP contribution in [-0.4, -0.2) is 27.9 Å². The van der Waals surface area contributed by atoms with E-state index in [1.54, 1.807) is 6.33 Å². The molecule has 2 heterocycles. The van der Waals surface area contributed by atoms with Crippen LogP contribution in [0.2, 0.25) is 0 Å². The summed E-state index contributed by atoms with van der Waals surface area (Å²) in [6, 6.07) is 0. The minimum atomic E-state index is 0.591. The van der Waals surface area contributed by atoms with E-state index in [4.69, 9.17) is 0 Å². The number of rotatable bonds is 2. The highest BCUT2D eigenvalue weighted by atomic mass is 15.2. The molecule has 14 heavy (non-hydrogen) atoms. The Morgan fingerprint density at radius 1 is 1.64 bits per heavy atom. The molecule has 78 valence electrons. The fraction of sp³-hybridized carbons (Fsp3) is 0.800. The minimum absolute atomic E-state index is 0.591. The van der Waals surface area contributed by atoms with Crippen LogP contribution in [0.5, 0.6) is 0 Å². The summed E-state index contributed by atoms with van der Waals surface area (Å²) in [5.74, 6) is 2.46. The number of aromatic nitrogens is 3. The van der Waals surface area contributed by atoms with Gasteiger partial charge in [0.1, 0.15) is 12.2 Å². The molecule has 4 heteroatoms. The summed E-state index contributed by atoms with van der Waals surface area (Å²) in [6.45, 7) is 4.48. The first kappa shape index (κ1) is 9.65. The summed E-state index contributed by atoms with van der Waals surface area (Å²) in [5.41, 5.74) is 0. The summed E-state index contributed by atoms with van der Waals surface area (Å²) < 4.78 is 2.05. The van der Waals surface area contributed by atoms with Gasteiger partial charge in [-0.25, -0.2) is 0 Å². The maximum atomic E-state index is 4.22. The molecule has 2 rings (SSSR count). The summed E-state index contributed by atoms with van der Waals surface area (Å²) in [6.07, 6.45) is 4.19. The second-order valence-corrected chi connectivity index (χ2v) is 4.07. The van der Waals surface area contributed by atoms with Crippen LogP contribution in [0.1, 0.15) is 31.5 Å². The van der Waals surface area contributed by atoms with E-state index >= 15 is 0 Å². The normalized spacial score (nSPS) is 27.9. The van der Waals surface area contributed by atoms with Gasteiger partial charge in [0.05, 0.1) is 0 Å². The molecule has 0 amide bonds. The van der Waals surface area contributed by atoms with Crippen LogP contribution in [0.3, 0.4) is 0 Å². The number of aryl methyl sites for hydroxylation is 1. The topological polar surface area (TPSA) is 42.7 Å². The summed E-state index contributed by atoms with van der Waals surface area (Å²) in [5, 5.41) is 11.6. The van der Waals surface area contributed by atoms with Gasteiger partial charge in [0.2, 0.25) is 0 Å². The monoisotopic (exact) mass is 194 g/mol. The van der Waals surface area contributed by atoms with E-state index in [0.29, 0.717) is 11.8 Å². The van der Waals surface area contributed by atoms with Crippen molar-refractivity contribution in [2.24, 2.45) is 13.0 Å². The van der Waals surface area contributed by atoms with Gasteiger partial charge in [-0.3, -0.25) is 0 Å². The summed E-state index contributed by atoms with van der Waals surface area (Å²) in [4.78, 5) is 0. The van der Waals surface area contributed by atoms with E-state index in [1.165, 1.54) is 12.8 Å². The molecule has 1 aliphatic heterocycles. The Balaban J connectivity index is 2.19. The Labute approximate surface area is 84.7 Å². The standard InChI is InChI=1S/C10H18N4/c1-3-8-6-11-5-4-9(8)10-13-12-7-14(10)2/h7-9,11H,3-6H2,1-2H3. The smallest absolute Gasteiger partial charge is 0.136 e. The van der Waals surface area contributed by atoms with Crippen molar-refractivity contribution in [1.82, 2.24) is 20.1 Å². The molecule has 1 aliphatic rings. The lowest BCUT2D eigenvalue weighted by atomic mass is 9.84. The van der Waals surface area contributed by atoms with Gasteiger partial charge >= 0.3 is 0 Å². The Bertz CT molecular complexity index is 294. The molecule has 1 N–H and O–H groups in total. The van der Waals surface area contributed by atoms with E-state index in [9.17, 15) is 0 Å². The molecule has 0 saturated carbocycles. The van der Waals surface area contributed by atoms with Crippen LogP contribution in [0.15, 0.2) is 6.33 Å². The van der Waals surface area contributed by atoms with E-state index in [1.807, 2.05) is 7.05 Å². The van der Waals surface area contributed by atoms with Gasteiger partial charge in [-0.2, -0.15) is 0 Å². The predicted octanol–water partition coefficient (Wildman–Crippen LogP) is 0.918. The molecule has 0 spiro atoms. The van der Waals surface area contributed by atoms with Gasteiger partial charge in [-0.15, -0.1) is 10.2 Å². The third-order valence-electron chi connectivity index (χ3n) is 3.21. The Kier molecular flexibility index (Phi) is 2.82. The van der Waals surface area contributed by atoms with Crippen LogP contribution < -0.4 is 5.32 Å². The first-order valence-corrected chi connectivity index (χ1v) is 5.37. The number of hydrogen-bond acceptors (Lipinski definition) is 3. The Hall–Kier alpha value is -0.900. The van der Waals surface area contributed by atoms with Crippen molar-refractivity contribution in [2.75, 3.05) is 13.1 Å². The van der Waals surface area contributed by atoms with Crippen molar-refractivity contribution in [3.05, 3.63) is 12.2 Å². The highest BCUT2D eigenvalue weighted by Crippen LogP contribution is 2.30. The molecule has 2 atom stereocenters. The zero-order valence-corrected chi connectivity index (χ0v) is 8.90. The van der Waals surface area contributed by atoms with Gasteiger partial charge in [-0.05, 0) is 25.4 Å². The van der Waals surface area contributed by atoms with Gasteiger partial charge in [0.15, 0.2) is 0 Å². The van der Waals surface area contributed by atoms with Crippen molar-refractivity contribution in [3.63, 3.8) is 0 Å². The predicted molar refractivity (Wildman–Crippen MR) is 55.0 cm³/mol. The molecule has 0 aliphatic carbocycles. The zero-order valence-electron chi connectivity index (χ0n) is 8.90. The molecule has 1 aromatic heterocycles. The van der Waals surface area contributed by atoms with Crippen LogP contribution >= 0.6 is 0 Å². The average molecular weight is 194 g/mol. The molecule has 0 radical (unpaired) electrons. The van der Waals surface area contributed by atoms with E-state index in [2.05, 4.69) is 27.0 Å². The number of nitrogens with zero attached hydrogens (tertiary/aromatic N) is 3. The first-order chi connectivity index (χ1) is 6.83. The van der Waals surface area contributed by atoms with Crippen molar-refractivity contribution in [2.45, 2.75) is 25.7 Å². The van der Waals surface area contributed by atoms with Gasteiger partial charge in [0.25, 0.3) is 0 Å². The fourth-order valence-corrected chi connectivity index (χ4v) is 2.32. The molecule has 1 aromatic rings. The first-order valence-electron chi connectivity index (χ1n) is 5.37. The molecular weight excluding hydrogens is 176 g/mol.